The van der Waals surface area contributed by atoms with Gasteiger partial charge in [-0.25, -0.2) is 13.2 Å². The molecule has 0 atom stereocenters. The lowest BCUT2D eigenvalue weighted by Gasteiger charge is -2.33. The molecule has 3 aromatic carbocycles. The van der Waals surface area contributed by atoms with Gasteiger partial charge in [0, 0.05) is 26.2 Å². The summed E-state index contributed by atoms with van der Waals surface area (Å²) in [6.45, 7) is 0.501. The highest BCUT2D eigenvalue weighted by Crippen LogP contribution is 2.20. The van der Waals surface area contributed by atoms with Crippen molar-refractivity contribution in [1.29, 1.82) is 0 Å². The molecule has 1 heterocycles. The van der Waals surface area contributed by atoms with E-state index < -0.39 is 16.0 Å². The molecule has 8 heteroatoms. The summed E-state index contributed by atoms with van der Waals surface area (Å²) >= 11 is 0. The summed E-state index contributed by atoms with van der Waals surface area (Å²) < 4.78 is 32.0. The van der Waals surface area contributed by atoms with Gasteiger partial charge in [-0.1, -0.05) is 54.6 Å². The molecular formula is C23H22N2O5S. The van der Waals surface area contributed by atoms with Crippen LogP contribution in [0.1, 0.15) is 10.4 Å². The van der Waals surface area contributed by atoms with Gasteiger partial charge in [-0.15, -0.1) is 0 Å². The zero-order valence-electron chi connectivity index (χ0n) is 16.8. The Morgan fingerprint density at radius 3 is 2.19 bits per heavy atom. The van der Waals surface area contributed by atoms with Crippen molar-refractivity contribution in [2.24, 2.45) is 0 Å². The zero-order valence-corrected chi connectivity index (χ0v) is 17.6. The number of rotatable bonds is 5. The fourth-order valence-electron chi connectivity index (χ4n) is 3.62. The molecule has 4 rings (SSSR count). The third kappa shape index (κ3) is 4.45. The minimum absolute atomic E-state index is 0.195. The number of carbonyl (C=O) groups is 2. The van der Waals surface area contributed by atoms with Crippen LogP contribution in [0.5, 0.6) is 0 Å². The largest absolute Gasteiger partial charge is 0.452 e. The molecule has 1 saturated heterocycles. The van der Waals surface area contributed by atoms with Crippen molar-refractivity contribution in [1.82, 2.24) is 9.21 Å². The highest BCUT2D eigenvalue weighted by Gasteiger charge is 2.30. The SMILES string of the molecule is O=C(OCC(=O)N1CCN(S(=O)(=O)c2ccccc2)CC1)c1cccc2ccccc12. The van der Waals surface area contributed by atoms with E-state index in [0.717, 1.165) is 10.8 Å². The number of amides is 1. The van der Waals surface area contributed by atoms with Crippen molar-refractivity contribution in [2.75, 3.05) is 32.8 Å². The number of hydrogen-bond acceptors (Lipinski definition) is 5. The Labute approximate surface area is 180 Å². The maximum atomic E-state index is 12.7. The molecule has 0 aromatic heterocycles. The van der Waals surface area contributed by atoms with Crippen LogP contribution in [0.25, 0.3) is 10.8 Å². The Kier molecular flexibility index (Phi) is 6.01. The third-order valence-corrected chi connectivity index (χ3v) is 7.22. The monoisotopic (exact) mass is 438 g/mol. The van der Waals surface area contributed by atoms with Crippen LogP contribution in [0.4, 0.5) is 0 Å². The van der Waals surface area contributed by atoms with Crippen LogP contribution in [0.2, 0.25) is 0 Å². The van der Waals surface area contributed by atoms with E-state index in [1.54, 1.807) is 42.5 Å². The highest BCUT2D eigenvalue weighted by molar-refractivity contribution is 7.89. The van der Waals surface area contributed by atoms with Crippen molar-refractivity contribution in [3.8, 4) is 0 Å². The first-order valence-corrected chi connectivity index (χ1v) is 11.4. The molecule has 160 valence electrons. The highest BCUT2D eigenvalue weighted by atomic mass is 32.2. The first-order valence-electron chi connectivity index (χ1n) is 9.95. The third-order valence-electron chi connectivity index (χ3n) is 5.31. The van der Waals surface area contributed by atoms with Gasteiger partial charge in [0.15, 0.2) is 6.61 Å². The fourth-order valence-corrected chi connectivity index (χ4v) is 5.06. The molecule has 3 aromatic rings. The predicted molar refractivity (Wildman–Crippen MR) is 116 cm³/mol. The van der Waals surface area contributed by atoms with Crippen LogP contribution in [-0.4, -0.2) is 62.3 Å². The van der Waals surface area contributed by atoms with Crippen molar-refractivity contribution >= 4 is 32.7 Å². The Balaban J connectivity index is 1.34. The number of fused-ring (bicyclic) bond motifs is 1. The van der Waals surface area contributed by atoms with E-state index in [1.165, 1.54) is 9.21 Å². The Bertz CT molecular complexity index is 1200. The smallest absolute Gasteiger partial charge is 0.339 e. The van der Waals surface area contributed by atoms with Gasteiger partial charge >= 0.3 is 5.97 Å². The number of ether oxygens (including phenoxy) is 1. The Hall–Kier alpha value is -3.23. The molecule has 0 aliphatic carbocycles. The molecule has 31 heavy (non-hydrogen) atoms. The van der Waals surface area contributed by atoms with Crippen molar-refractivity contribution < 1.29 is 22.7 Å². The van der Waals surface area contributed by atoms with Gasteiger partial charge in [0.05, 0.1) is 10.5 Å². The first kappa shape index (κ1) is 21.0. The topological polar surface area (TPSA) is 84.0 Å². The Morgan fingerprint density at radius 2 is 1.45 bits per heavy atom. The van der Waals surface area contributed by atoms with Crippen LogP contribution >= 0.6 is 0 Å². The summed E-state index contributed by atoms with van der Waals surface area (Å²) in [4.78, 5) is 26.8. The summed E-state index contributed by atoms with van der Waals surface area (Å²) in [5.74, 6) is -0.902. The molecule has 0 radical (unpaired) electrons. The standard InChI is InChI=1S/C23H22N2O5S/c26-22(17-30-23(27)21-12-6-8-18-7-4-5-11-20(18)21)24-13-15-25(16-14-24)31(28,29)19-9-2-1-3-10-19/h1-12H,13-17H2. The van der Waals surface area contributed by atoms with Gasteiger partial charge in [0.1, 0.15) is 0 Å². The van der Waals surface area contributed by atoms with Gasteiger partial charge < -0.3 is 9.64 Å². The zero-order chi connectivity index (χ0) is 21.8. The van der Waals surface area contributed by atoms with Crippen LogP contribution in [0, 0.1) is 0 Å². The van der Waals surface area contributed by atoms with Crippen molar-refractivity contribution in [3.63, 3.8) is 0 Å². The summed E-state index contributed by atoms with van der Waals surface area (Å²) in [5.41, 5.74) is 0.407. The van der Waals surface area contributed by atoms with Gasteiger partial charge in [0.25, 0.3) is 5.91 Å². The van der Waals surface area contributed by atoms with Gasteiger partial charge in [-0.2, -0.15) is 4.31 Å². The van der Waals surface area contributed by atoms with E-state index in [2.05, 4.69) is 0 Å². The molecule has 1 aliphatic rings. The Morgan fingerprint density at radius 1 is 0.806 bits per heavy atom. The van der Waals surface area contributed by atoms with Crippen LogP contribution < -0.4 is 0 Å². The summed E-state index contributed by atoms with van der Waals surface area (Å²) in [5, 5.41) is 1.68. The van der Waals surface area contributed by atoms with Gasteiger partial charge in [0.2, 0.25) is 10.0 Å². The quantitative estimate of drug-likeness (QED) is 0.572. The molecular weight excluding hydrogens is 416 g/mol. The van der Waals surface area contributed by atoms with E-state index in [1.807, 2.05) is 30.3 Å². The van der Waals surface area contributed by atoms with Crippen molar-refractivity contribution in [2.45, 2.75) is 4.90 Å². The second-order valence-electron chi connectivity index (χ2n) is 7.20. The van der Waals surface area contributed by atoms with E-state index in [9.17, 15) is 18.0 Å². The number of carbonyl (C=O) groups excluding carboxylic acids is 2. The number of benzene rings is 3. The normalized spacial score (nSPS) is 15.0. The molecule has 0 N–H and O–H groups in total. The number of esters is 1. The molecule has 0 unspecified atom stereocenters. The van der Waals surface area contributed by atoms with Gasteiger partial charge in [-0.3, -0.25) is 4.79 Å². The lowest BCUT2D eigenvalue weighted by Crippen LogP contribution is -2.51. The predicted octanol–water partition coefficient (Wildman–Crippen LogP) is 2.53. The lowest BCUT2D eigenvalue weighted by atomic mass is 10.1. The molecule has 1 aliphatic heterocycles. The number of sulfonamides is 1. The van der Waals surface area contributed by atoms with E-state index in [0.29, 0.717) is 5.56 Å². The number of nitrogens with zero attached hydrogens (tertiary/aromatic N) is 2. The molecule has 1 amide bonds. The lowest BCUT2D eigenvalue weighted by molar-refractivity contribution is -0.135. The maximum absolute atomic E-state index is 12.7. The molecule has 0 saturated carbocycles. The minimum Gasteiger partial charge on any atom is -0.452 e. The fraction of sp³-hybridized carbons (Fsp3) is 0.217. The van der Waals surface area contributed by atoms with Crippen LogP contribution in [0.3, 0.4) is 0 Å². The molecule has 0 spiro atoms. The second-order valence-corrected chi connectivity index (χ2v) is 9.14. The first-order chi connectivity index (χ1) is 15.0. The second kappa shape index (κ2) is 8.87. The average Bonchev–Trinajstić information content (AvgIpc) is 2.82. The van der Waals surface area contributed by atoms with Crippen molar-refractivity contribution in [3.05, 3.63) is 78.4 Å². The van der Waals surface area contributed by atoms with E-state index >= 15 is 0 Å². The molecule has 0 bridgehead atoms. The number of piperazine rings is 1. The average molecular weight is 439 g/mol. The molecule has 7 nitrogen and oxygen atoms in total. The van der Waals surface area contributed by atoms with Crippen LogP contribution in [-0.2, 0) is 19.6 Å². The van der Waals surface area contributed by atoms with E-state index in [4.69, 9.17) is 4.74 Å². The number of hydrogen-bond donors (Lipinski definition) is 0. The van der Waals surface area contributed by atoms with Crippen LogP contribution in [0.15, 0.2) is 77.7 Å². The summed E-state index contributed by atoms with van der Waals surface area (Å²) in [7, 11) is -3.58. The minimum atomic E-state index is -3.58. The summed E-state index contributed by atoms with van der Waals surface area (Å²) in [6, 6.07) is 21.0. The van der Waals surface area contributed by atoms with Gasteiger partial charge in [-0.05, 0) is 29.0 Å². The summed E-state index contributed by atoms with van der Waals surface area (Å²) in [6.07, 6.45) is 0. The maximum Gasteiger partial charge on any atom is 0.339 e. The van der Waals surface area contributed by atoms with E-state index in [-0.39, 0.29) is 43.6 Å². The molecule has 1 fully saturated rings.